The number of hydrogen-bond donors (Lipinski definition) is 1. The number of rotatable bonds is 7. The quantitative estimate of drug-likeness (QED) is 0.605. The number of halogens is 2. The molecule has 0 saturated heterocycles. The minimum absolute atomic E-state index is 0.0162. The molecule has 0 bridgehead atoms. The number of fused-ring (bicyclic) bond motifs is 1. The van der Waals surface area contributed by atoms with E-state index < -0.39 is 21.5 Å². The molecule has 0 fully saturated rings. The number of alkyl halides is 2. The lowest BCUT2D eigenvalue weighted by atomic mass is 9.91. The normalized spacial score (nSPS) is 16.7. The van der Waals surface area contributed by atoms with Crippen LogP contribution in [-0.4, -0.2) is 37.5 Å². The molecule has 2 rings (SSSR count). The van der Waals surface area contributed by atoms with Crippen LogP contribution in [0.1, 0.15) is 30.9 Å². The Morgan fingerprint density at radius 1 is 1.26 bits per heavy atom. The summed E-state index contributed by atoms with van der Waals surface area (Å²) in [6.45, 7) is 0.691. The van der Waals surface area contributed by atoms with Crippen molar-refractivity contribution in [2.75, 3.05) is 13.2 Å². The maximum Gasteiger partial charge on any atom is 0.394 e. The zero-order valence-corrected chi connectivity index (χ0v) is 13.6. The third kappa shape index (κ3) is 4.19. The Hall–Kier alpha value is -1.25. The predicted molar refractivity (Wildman–Crippen MR) is 80.5 cm³/mol. The van der Waals surface area contributed by atoms with Gasteiger partial charge in [0.15, 0.2) is 0 Å². The van der Waals surface area contributed by atoms with E-state index in [1.165, 1.54) is 5.56 Å². The zero-order chi connectivity index (χ0) is 17.1. The monoisotopic (exact) mass is 350 g/mol. The summed E-state index contributed by atoms with van der Waals surface area (Å²) in [6.07, 6.45) is 2.18. The van der Waals surface area contributed by atoms with Gasteiger partial charge in [-0.1, -0.05) is 12.1 Å². The first-order chi connectivity index (χ1) is 10.7. The van der Waals surface area contributed by atoms with Gasteiger partial charge < -0.3 is 9.47 Å². The van der Waals surface area contributed by atoms with Gasteiger partial charge in [-0.15, -0.1) is 0 Å². The molecule has 5 nitrogen and oxygen atoms in total. The lowest BCUT2D eigenvalue weighted by molar-refractivity contribution is -0.0827. The van der Waals surface area contributed by atoms with E-state index in [4.69, 9.17) is 14.0 Å². The second-order valence-electron chi connectivity index (χ2n) is 5.50. The van der Waals surface area contributed by atoms with E-state index in [1.54, 1.807) is 0 Å². The number of ether oxygens (including phenoxy) is 2. The lowest BCUT2D eigenvalue weighted by Gasteiger charge is -2.22. The fourth-order valence-electron chi connectivity index (χ4n) is 2.56. The third-order valence-electron chi connectivity index (χ3n) is 3.88. The highest BCUT2D eigenvalue weighted by molar-refractivity contribution is 7.86. The van der Waals surface area contributed by atoms with Crippen molar-refractivity contribution in [1.29, 1.82) is 0 Å². The van der Waals surface area contributed by atoms with Crippen LogP contribution in [0.3, 0.4) is 0 Å². The van der Waals surface area contributed by atoms with Crippen molar-refractivity contribution in [3.8, 4) is 5.75 Å². The van der Waals surface area contributed by atoms with Crippen LogP contribution in [-0.2, 0) is 27.7 Å². The predicted octanol–water partition coefficient (Wildman–Crippen LogP) is 2.83. The van der Waals surface area contributed by atoms with Gasteiger partial charge in [-0.05, 0) is 49.8 Å². The van der Waals surface area contributed by atoms with Crippen LogP contribution in [0.5, 0.6) is 5.75 Å². The highest BCUT2D eigenvalue weighted by Crippen LogP contribution is 2.30. The fourth-order valence-corrected chi connectivity index (χ4v) is 3.05. The first-order valence-electron chi connectivity index (χ1n) is 7.43. The van der Waals surface area contributed by atoms with Crippen LogP contribution >= 0.6 is 0 Å². The zero-order valence-electron chi connectivity index (χ0n) is 12.8. The second kappa shape index (κ2) is 7.11. The van der Waals surface area contributed by atoms with Crippen molar-refractivity contribution in [1.82, 2.24) is 0 Å². The van der Waals surface area contributed by atoms with E-state index in [2.05, 4.69) is 0 Å². The third-order valence-corrected chi connectivity index (χ3v) is 4.90. The molecule has 130 valence electrons. The molecule has 0 heterocycles. The molecule has 1 atom stereocenters. The molecule has 0 radical (unpaired) electrons. The maximum atomic E-state index is 13.3. The standard InChI is InChI=1S/C15H20F2O5S/c1-11(15(16,17)23(18,19)20)21-9-10-22-14-8-4-6-12-5-2-3-7-13(12)14/h4,6,8,11H,2-3,5,7,9-10H2,1H3,(H,18,19,20). The van der Waals surface area contributed by atoms with Crippen LogP contribution in [0.15, 0.2) is 18.2 Å². The Balaban J connectivity index is 1.87. The van der Waals surface area contributed by atoms with Crippen molar-refractivity contribution >= 4 is 10.1 Å². The van der Waals surface area contributed by atoms with Crippen molar-refractivity contribution < 1.29 is 31.2 Å². The fraction of sp³-hybridized carbons (Fsp3) is 0.600. The first kappa shape index (κ1) is 18.1. The smallest absolute Gasteiger partial charge is 0.394 e. The van der Waals surface area contributed by atoms with Crippen LogP contribution in [0.4, 0.5) is 8.78 Å². The molecule has 0 saturated carbocycles. The molecule has 23 heavy (non-hydrogen) atoms. The van der Waals surface area contributed by atoms with Gasteiger partial charge in [-0.2, -0.15) is 17.2 Å². The van der Waals surface area contributed by atoms with Crippen LogP contribution in [0.2, 0.25) is 0 Å². The van der Waals surface area contributed by atoms with Gasteiger partial charge in [-0.25, -0.2) is 0 Å². The molecule has 1 aromatic carbocycles. The van der Waals surface area contributed by atoms with Crippen molar-refractivity contribution in [3.05, 3.63) is 29.3 Å². The molecule has 1 aromatic rings. The molecule has 1 unspecified atom stereocenters. The summed E-state index contributed by atoms with van der Waals surface area (Å²) in [5.74, 6) is 0.708. The van der Waals surface area contributed by atoms with E-state index >= 15 is 0 Å². The summed E-state index contributed by atoms with van der Waals surface area (Å²) in [5.41, 5.74) is 2.37. The van der Waals surface area contributed by atoms with Gasteiger partial charge in [-0.3, -0.25) is 4.55 Å². The molecule has 1 aliphatic carbocycles. The minimum atomic E-state index is -5.50. The van der Waals surface area contributed by atoms with Crippen LogP contribution in [0, 0.1) is 0 Å². The topological polar surface area (TPSA) is 72.8 Å². The number of hydrogen-bond acceptors (Lipinski definition) is 4. The summed E-state index contributed by atoms with van der Waals surface area (Å²) in [4.78, 5) is 0. The summed E-state index contributed by atoms with van der Waals surface area (Å²) >= 11 is 0. The van der Waals surface area contributed by atoms with Gasteiger partial charge in [0.1, 0.15) is 18.5 Å². The number of aryl methyl sites for hydroxylation is 1. The molecule has 0 spiro atoms. The van der Waals surface area contributed by atoms with Gasteiger partial charge in [0.2, 0.25) is 0 Å². The summed E-state index contributed by atoms with van der Waals surface area (Å²) in [7, 11) is -5.50. The molecular weight excluding hydrogens is 330 g/mol. The number of benzene rings is 1. The van der Waals surface area contributed by atoms with E-state index in [-0.39, 0.29) is 13.2 Å². The highest BCUT2D eigenvalue weighted by Gasteiger charge is 2.50. The van der Waals surface area contributed by atoms with Crippen LogP contribution in [0.25, 0.3) is 0 Å². The SMILES string of the molecule is CC(OCCOc1cccc2c1CCCC2)C(F)(F)S(=O)(=O)O. The van der Waals surface area contributed by atoms with Gasteiger partial charge in [0.25, 0.3) is 0 Å². The maximum absolute atomic E-state index is 13.3. The average Bonchev–Trinajstić information content (AvgIpc) is 2.50. The van der Waals surface area contributed by atoms with Crippen molar-refractivity contribution in [3.63, 3.8) is 0 Å². The van der Waals surface area contributed by atoms with Gasteiger partial charge >= 0.3 is 15.4 Å². The Labute approximate surface area is 134 Å². The Morgan fingerprint density at radius 3 is 2.65 bits per heavy atom. The summed E-state index contributed by atoms with van der Waals surface area (Å²) < 4.78 is 66.6. The first-order valence-corrected chi connectivity index (χ1v) is 8.87. The summed E-state index contributed by atoms with van der Waals surface area (Å²) in [5, 5.41) is -4.35. The molecular formula is C15H20F2O5S. The van der Waals surface area contributed by atoms with Crippen molar-refractivity contribution in [2.24, 2.45) is 0 Å². The molecule has 0 aliphatic heterocycles. The highest BCUT2D eigenvalue weighted by atomic mass is 32.2. The summed E-state index contributed by atoms with van der Waals surface area (Å²) in [6, 6.07) is 5.75. The Morgan fingerprint density at radius 2 is 1.96 bits per heavy atom. The molecule has 0 amide bonds. The molecule has 1 N–H and O–H groups in total. The van der Waals surface area contributed by atoms with E-state index in [0.717, 1.165) is 38.2 Å². The minimum Gasteiger partial charge on any atom is -0.491 e. The van der Waals surface area contributed by atoms with Crippen molar-refractivity contribution in [2.45, 2.75) is 44.0 Å². The van der Waals surface area contributed by atoms with E-state index in [1.807, 2.05) is 18.2 Å². The van der Waals surface area contributed by atoms with Crippen LogP contribution < -0.4 is 4.74 Å². The van der Waals surface area contributed by atoms with Gasteiger partial charge in [0, 0.05) is 0 Å². The second-order valence-corrected chi connectivity index (χ2v) is 6.99. The van der Waals surface area contributed by atoms with E-state index in [9.17, 15) is 17.2 Å². The van der Waals surface area contributed by atoms with E-state index in [0.29, 0.717) is 5.75 Å². The Bertz CT molecular complexity index is 645. The average molecular weight is 350 g/mol. The van der Waals surface area contributed by atoms with Gasteiger partial charge in [0.05, 0.1) is 6.61 Å². The lowest BCUT2D eigenvalue weighted by Crippen LogP contribution is -2.41. The largest absolute Gasteiger partial charge is 0.491 e. The molecule has 0 aromatic heterocycles. The molecule has 1 aliphatic rings. The molecule has 8 heteroatoms. The Kier molecular flexibility index (Phi) is 5.59.